The van der Waals surface area contributed by atoms with Crippen molar-refractivity contribution in [3.05, 3.63) is 54.3 Å². The van der Waals surface area contributed by atoms with Gasteiger partial charge in [-0.3, -0.25) is 9.69 Å². The minimum absolute atomic E-state index is 0.0171. The zero-order valence-electron chi connectivity index (χ0n) is 19.5. The summed E-state index contributed by atoms with van der Waals surface area (Å²) in [6.45, 7) is 3.60. The van der Waals surface area contributed by atoms with Crippen LogP contribution in [0.3, 0.4) is 0 Å². The van der Waals surface area contributed by atoms with Crippen molar-refractivity contribution in [3.63, 3.8) is 0 Å². The highest BCUT2D eigenvalue weighted by molar-refractivity contribution is 7.89. The normalized spacial score (nSPS) is 24.1. The van der Waals surface area contributed by atoms with Crippen molar-refractivity contribution < 1.29 is 32.2 Å². The second-order valence-electron chi connectivity index (χ2n) is 9.01. The van der Waals surface area contributed by atoms with Gasteiger partial charge in [0.15, 0.2) is 0 Å². The highest BCUT2D eigenvalue weighted by Gasteiger charge is 2.40. The maximum atomic E-state index is 13.4. The lowest BCUT2D eigenvalue weighted by atomic mass is 9.91. The van der Waals surface area contributed by atoms with Gasteiger partial charge < -0.3 is 19.9 Å². The smallest absolute Gasteiger partial charge is 0.243 e. The standard InChI is InChI=1S/C24H30FN3O6S/c1-24(30)17-27(9-8-22(24)34-20-6-2-4-18(25)14-20)16-23(29)26-19-5-3-7-21(15-19)35(31,32)28-10-12-33-13-11-28/h2-7,14-15,22,30H,8-13,16-17H2,1H3,(H,26,29)/t22-,24-/m0/s1. The number of ether oxygens (including phenoxy) is 2. The number of carbonyl (C=O) groups is 1. The van der Waals surface area contributed by atoms with E-state index in [2.05, 4.69) is 5.32 Å². The van der Waals surface area contributed by atoms with E-state index in [0.29, 0.717) is 37.6 Å². The Morgan fingerprint density at radius 2 is 1.94 bits per heavy atom. The Morgan fingerprint density at radius 1 is 1.20 bits per heavy atom. The molecule has 0 radical (unpaired) electrons. The maximum absolute atomic E-state index is 13.4. The predicted molar refractivity (Wildman–Crippen MR) is 127 cm³/mol. The Morgan fingerprint density at radius 3 is 2.66 bits per heavy atom. The number of halogens is 1. The first-order valence-electron chi connectivity index (χ1n) is 11.5. The molecule has 4 rings (SSSR count). The van der Waals surface area contributed by atoms with Crippen LogP contribution in [0.25, 0.3) is 0 Å². The summed E-state index contributed by atoms with van der Waals surface area (Å²) < 4.78 is 51.6. The summed E-state index contributed by atoms with van der Waals surface area (Å²) >= 11 is 0. The van der Waals surface area contributed by atoms with Crippen LogP contribution in [0, 0.1) is 5.82 Å². The number of hydrogen-bond acceptors (Lipinski definition) is 7. The molecule has 2 heterocycles. The minimum atomic E-state index is -3.68. The summed E-state index contributed by atoms with van der Waals surface area (Å²) in [5, 5.41) is 13.7. The zero-order valence-corrected chi connectivity index (χ0v) is 20.3. The average molecular weight is 508 g/mol. The van der Waals surface area contributed by atoms with Gasteiger partial charge in [-0.2, -0.15) is 4.31 Å². The number of nitrogens with one attached hydrogen (secondary N) is 1. The fourth-order valence-electron chi connectivity index (χ4n) is 4.34. The second-order valence-corrected chi connectivity index (χ2v) is 11.0. The summed E-state index contributed by atoms with van der Waals surface area (Å²) in [6.07, 6.45) is -0.102. The summed E-state index contributed by atoms with van der Waals surface area (Å²) in [5.74, 6) is -0.405. The number of amides is 1. The lowest BCUT2D eigenvalue weighted by Gasteiger charge is -2.42. The van der Waals surface area contributed by atoms with Gasteiger partial charge in [0.25, 0.3) is 0 Å². The molecule has 2 aliphatic heterocycles. The molecular weight excluding hydrogens is 477 g/mol. The van der Waals surface area contributed by atoms with Crippen LogP contribution in [0.1, 0.15) is 13.3 Å². The molecule has 0 aromatic heterocycles. The van der Waals surface area contributed by atoms with E-state index >= 15 is 0 Å². The maximum Gasteiger partial charge on any atom is 0.243 e. The SMILES string of the molecule is C[C@]1(O)CN(CC(=O)Nc2cccc(S(=O)(=O)N3CCOCC3)c2)CC[C@@H]1Oc1cccc(F)c1. The summed E-state index contributed by atoms with van der Waals surface area (Å²) in [5.41, 5.74) is -0.878. The van der Waals surface area contributed by atoms with Crippen molar-refractivity contribution in [2.45, 2.75) is 29.9 Å². The first-order chi connectivity index (χ1) is 16.6. The molecule has 11 heteroatoms. The third kappa shape index (κ3) is 6.36. The van der Waals surface area contributed by atoms with E-state index in [1.165, 1.54) is 28.6 Å². The molecule has 2 atom stereocenters. The molecule has 2 aliphatic rings. The van der Waals surface area contributed by atoms with Crippen LogP contribution in [-0.2, 0) is 19.6 Å². The number of carbonyl (C=O) groups excluding carboxylic acids is 1. The molecule has 190 valence electrons. The number of aliphatic hydroxyl groups is 1. The number of β-amino-alcohol motifs (C(OH)–C–C–N with tert-alkyl or cyclic N) is 1. The van der Waals surface area contributed by atoms with E-state index in [1.807, 2.05) is 0 Å². The van der Waals surface area contributed by atoms with Crippen molar-refractivity contribution in [1.82, 2.24) is 9.21 Å². The van der Waals surface area contributed by atoms with E-state index < -0.39 is 27.5 Å². The molecule has 2 N–H and O–H groups in total. The van der Waals surface area contributed by atoms with Crippen molar-refractivity contribution >= 4 is 21.6 Å². The number of nitrogens with zero attached hydrogens (tertiary/aromatic N) is 2. The quantitative estimate of drug-likeness (QED) is 0.587. The molecule has 2 aromatic rings. The van der Waals surface area contributed by atoms with Crippen LogP contribution in [0.2, 0.25) is 0 Å². The second kappa shape index (κ2) is 10.6. The van der Waals surface area contributed by atoms with Crippen molar-refractivity contribution in [2.75, 3.05) is 51.3 Å². The lowest BCUT2D eigenvalue weighted by molar-refractivity contribution is -0.123. The fraction of sp³-hybridized carbons (Fsp3) is 0.458. The Balaban J connectivity index is 1.34. The summed E-state index contributed by atoms with van der Waals surface area (Å²) in [4.78, 5) is 14.6. The van der Waals surface area contributed by atoms with Crippen LogP contribution in [-0.4, -0.2) is 86.3 Å². The van der Waals surface area contributed by atoms with Gasteiger partial charge in [-0.05, 0) is 43.7 Å². The molecule has 35 heavy (non-hydrogen) atoms. The number of piperidine rings is 1. The third-order valence-corrected chi connectivity index (χ3v) is 8.01. The molecule has 0 spiro atoms. The molecule has 2 saturated heterocycles. The van der Waals surface area contributed by atoms with Gasteiger partial charge in [-0.25, -0.2) is 12.8 Å². The topological polar surface area (TPSA) is 108 Å². The van der Waals surface area contributed by atoms with Crippen LogP contribution in [0.5, 0.6) is 5.75 Å². The first kappa shape index (κ1) is 25.5. The lowest BCUT2D eigenvalue weighted by Crippen LogP contribution is -2.58. The van der Waals surface area contributed by atoms with Crippen molar-refractivity contribution in [3.8, 4) is 5.75 Å². The number of morpholine rings is 1. The van der Waals surface area contributed by atoms with Gasteiger partial charge in [0.1, 0.15) is 23.3 Å². The van der Waals surface area contributed by atoms with Gasteiger partial charge in [-0.15, -0.1) is 0 Å². The average Bonchev–Trinajstić information content (AvgIpc) is 2.81. The highest BCUT2D eigenvalue weighted by atomic mass is 32.2. The Bertz CT molecular complexity index is 1150. The van der Waals surface area contributed by atoms with Crippen molar-refractivity contribution in [1.29, 1.82) is 0 Å². The van der Waals surface area contributed by atoms with E-state index in [4.69, 9.17) is 9.47 Å². The number of rotatable bonds is 7. The Labute approximate surface area is 204 Å². The molecule has 1 amide bonds. The number of benzene rings is 2. The summed E-state index contributed by atoms with van der Waals surface area (Å²) in [7, 11) is -3.68. The predicted octanol–water partition coefficient (Wildman–Crippen LogP) is 1.69. The van der Waals surface area contributed by atoms with Gasteiger partial charge >= 0.3 is 0 Å². The minimum Gasteiger partial charge on any atom is -0.487 e. The molecule has 9 nitrogen and oxygen atoms in total. The van der Waals surface area contributed by atoms with Gasteiger partial charge in [-0.1, -0.05) is 12.1 Å². The summed E-state index contributed by atoms with van der Waals surface area (Å²) in [6, 6.07) is 11.9. The van der Waals surface area contributed by atoms with Crippen LogP contribution in [0.4, 0.5) is 10.1 Å². The van der Waals surface area contributed by atoms with Gasteiger partial charge in [0.05, 0.1) is 24.7 Å². The molecular formula is C24H30FN3O6S. The molecule has 2 fully saturated rings. The van der Waals surface area contributed by atoms with E-state index in [0.717, 1.165) is 0 Å². The third-order valence-electron chi connectivity index (χ3n) is 6.11. The van der Waals surface area contributed by atoms with Crippen LogP contribution in [0.15, 0.2) is 53.4 Å². The first-order valence-corrected chi connectivity index (χ1v) is 12.9. The number of hydrogen-bond donors (Lipinski definition) is 2. The van der Waals surface area contributed by atoms with E-state index in [1.54, 1.807) is 36.1 Å². The molecule has 2 aromatic carbocycles. The van der Waals surface area contributed by atoms with Crippen LogP contribution < -0.4 is 10.1 Å². The van der Waals surface area contributed by atoms with Crippen LogP contribution >= 0.6 is 0 Å². The van der Waals surface area contributed by atoms with Crippen molar-refractivity contribution in [2.24, 2.45) is 0 Å². The Hall–Kier alpha value is -2.57. The number of anilines is 1. The molecule has 0 unspecified atom stereocenters. The number of likely N-dealkylation sites (tertiary alicyclic amines) is 1. The van der Waals surface area contributed by atoms with Gasteiger partial charge in [0, 0.05) is 37.9 Å². The van der Waals surface area contributed by atoms with E-state index in [9.17, 15) is 22.7 Å². The van der Waals surface area contributed by atoms with Gasteiger partial charge in [0.2, 0.25) is 15.9 Å². The zero-order chi connectivity index (χ0) is 25.1. The molecule has 0 bridgehead atoms. The highest BCUT2D eigenvalue weighted by Crippen LogP contribution is 2.27. The number of sulfonamides is 1. The molecule has 0 saturated carbocycles. The fourth-order valence-corrected chi connectivity index (χ4v) is 5.80. The monoisotopic (exact) mass is 507 g/mol. The van der Waals surface area contributed by atoms with E-state index in [-0.39, 0.29) is 37.0 Å². The molecule has 0 aliphatic carbocycles. The Kier molecular flexibility index (Phi) is 7.72. The largest absolute Gasteiger partial charge is 0.487 e.